The Morgan fingerprint density at radius 1 is 0.947 bits per heavy atom. The number of nitrogens with one attached hydrogen (secondary N) is 1. The van der Waals surface area contributed by atoms with E-state index >= 15 is 0 Å². The van der Waals surface area contributed by atoms with Crippen molar-refractivity contribution in [2.45, 2.75) is 50.7 Å². The van der Waals surface area contributed by atoms with Gasteiger partial charge in [-0.05, 0) is 90.9 Å². The number of benzene rings is 3. The molecule has 0 saturated heterocycles. The van der Waals surface area contributed by atoms with Crippen LogP contribution in [0.25, 0.3) is 0 Å². The summed E-state index contributed by atoms with van der Waals surface area (Å²) in [6.07, 6.45) is 0.337. The van der Waals surface area contributed by atoms with Crippen LogP contribution in [0.3, 0.4) is 0 Å². The molecule has 1 atom stereocenters. The van der Waals surface area contributed by atoms with E-state index in [9.17, 15) is 18.0 Å². The van der Waals surface area contributed by atoms with E-state index in [4.69, 9.17) is 11.6 Å². The van der Waals surface area contributed by atoms with E-state index in [-0.39, 0.29) is 23.4 Å². The molecule has 38 heavy (non-hydrogen) atoms. The van der Waals surface area contributed by atoms with Crippen molar-refractivity contribution < 1.29 is 18.0 Å². The molecule has 0 fully saturated rings. The van der Waals surface area contributed by atoms with Crippen molar-refractivity contribution in [3.63, 3.8) is 0 Å². The number of sulfonamides is 1. The van der Waals surface area contributed by atoms with Gasteiger partial charge >= 0.3 is 0 Å². The van der Waals surface area contributed by atoms with Crippen molar-refractivity contribution in [1.82, 2.24) is 10.2 Å². The number of carbonyl (C=O) groups excluding carboxylic acids is 2. The highest BCUT2D eigenvalue weighted by molar-refractivity contribution is 14.1. The number of amides is 2. The van der Waals surface area contributed by atoms with Crippen LogP contribution >= 0.6 is 34.2 Å². The Bertz CT molecular complexity index is 1350. The summed E-state index contributed by atoms with van der Waals surface area (Å²) in [5.74, 6) is -0.830. The van der Waals surface area contributed by atoms with Crippen LogP contribution in [0.1, 0.15) is 32.8 Å². The van der Waals surface area contributed by atoms with Crippen molar-refractivity contribution in [1.29, 1.82) is 0 Å². The molecular weight excluding hydrogens is 637 g/mol. The maximum absolute atomic E-state index is 14.0. The van der Waals surface area contributed by atoms with Crippen molar-refractivity contribution in [2.24, 2.45) is 0 Å². The third-order valence-corrected chi connectivity index (χ3v) is 8.72. The molecule has 0 aliphatic rings. The van der Waals surface area contributed by atoms with Crippen LogP contribution in [0, 0.1) is 3.57 Å². The standard InChI is InChI=1S/C28H31ClIN3O4S/c1-4-26(28(35)31-20(2)3)32(18-21-10-8-9-13-25(21)29)27(34)19-33(23-16-14-22(30)15-17-23)38(36,37)24-11-6-5-7-12-24/h5-17,20,26H,4,18-19H2,1-3H3,(H,31,35)/t26-/m1/s1. The molecule has 7 nitrogen and oxygen atoms in total. The van der Waals surface area contributed by atoms with E-state index in [2.05, 4.69) is 27.9 Å². The first-order chi connectivity index (χ1) is 18.0. The predicted octanol–water partition coefficient (Wildman–Crippen LogP) is 5.47. The molecule has 0 aromatic heterocycles. The second-order valence-corrected chi connectivity index (χ2v) is 12.5. The minimum Gasteiger partial charge on any atom is -0.352 e. The van der Waals surface area contributed by atoms with Crippen LogP contribution in [-0.4, -0.2) is 43.8 Å². The summed E-state index contributed by atoms with van der Waals surface area (Å²) in [5.41, 5.74) is 1.00. The van der Waals surface area contributed by atoms with Gasteiger partial charge in [0.25, 0.3) is 10.0 Å². The van der Waals surface area contributed by atoms with Gasteiger partial charge in [-0.1, -0.05) is 54.9 Å². The van der Waals surface area contributed by atoms with E-state index in [0.717, 1.165) is 7.88 Å². The molecule has 10 heteroatoms. The molecule has 3 aromatic rings. The Labute approximate surface area is 243 Å². The van der Waals surface area contributed by atoms with Gasteiger partial charge in [0.15, 0.2) is 0 Å². The molecular formula is C28H31ClIN3O4S. The van der Waals surface area contributed by atoms with Gasteiger partial charge in [-0.3, -0.25) is 13.9 Å². The number of hydrogen-bond donors (Lipinski definition) is 1. The van der Waals surface area contributed by atoms with Crippen LogP contribution in [0.15, 0.2) is 83.8 Å². The number of rotatable bonds is 11. The molecule has 0 radical (unpaired) electrons. The molecule has 3 rings (SSSR count). The number of carbonyl (C=O) groups is 2. The molecule has 0 aliphatic carbocycles. The molecule has 2 amide bonds. The van der Waals surface area contributed by atoms with E-state index in [0.29, 0.717) is 22.7 Å². The highest BCUT2D eigenvalue weighted by Crippen LogP contribution is 2.26. The van der Waals surface area contributed by atoms with Crippen LogP contribution in [0.5, 0.6) is 0 Å². The highest BCUT2D eigenvalue weighted by atomic mass is 127. The Kier molecular flexibility index (Phi) is 10.6. The normalized spacial score (nSPS) is 12.2. The zero-order valence-corrected chi connectivity index (χ0v) is 25.2. The third kappa shape index (κ3) is 7.48. The van der Waals surface area contributed by atoms with Crippen LogP contribution in [0.2, 0.25) is 5.02 Å². The quantitative estimate of drug-likeness (QED) is 0.275. The summed E-state index contributed by atoms with van der Waals surface area (Å²) in [7, 11) is -4.09. The Morgan fingerprint density at radius 3 is 2.13 bits per heavy atom. The fraction of sp³-hybridized carbons (Fsp3) is 0.286. The maximum Gasteiger partial charge on any atom is 0.264 e. The second kappa shape index (κ2) is 13.4. The Hall–Kier alpha value is -2.63. The van der Waals surface area contributed by atoms with Gasteiger partial charge in [0.1, 0.15) is 12.6 Å². The molecule has 0 heterocycles. The fourth-order valence-corrected chi connectivity index (χ4v) is 5.96. The zero-order chi connectivity index (χ0) is 27.9. The van der Waals surface area contributed by atoms with Gasteiger partial charge < -0.3 is 10.2 Å². The van der Waals surface area contributed by atoms with Crippen LogP contribution in [-0.2, 0) is 26.2 Å². The third-order valence-electron chi connectivity index (χ3n) is 5.84. The van der Waals surface area contributed by atoms with Crippen molar-refractivity contribution >= 4 is 61.7 Å². The lowest BCUT2D eigenvalue weighted by Crippen LogP contribution is -2.53. The second-order valence-electron chi connectivity index (χ2n) is 9.00. The molecule has 202 valence electrons. The summed E-state index contributed by atoms with van der Waals surface area (Å²) < 4.78 is 29.5. The monoisotopic (exact) mass is 667 g/mol. The van der Waals surface area contributed by atoms with Gasteiger partial charge in [0, 0.05) is 21.2 Å². The lowest BCUT2D eigenvalue weighted by Gasteiger charge is -2.33. The minimum atomic E-state index is -4.09. The van der Waals surface area contributed by atoms with Crippen molar-refractivity contribution in [3.05, 3.63) is 93.0 Å². The van der Waals surface area contributed by atoms with Crippen molar-refractivity contribution in [2.75, 3.05) is 10.8 Å². The molecule has 0 saturated carbocycles. The Morgan fingerprint density at radius 2 is 1.55 bits per heavy atom. The lowest BCUT2D eigenvalue weighted by molar-refractivity contribution is -0.140. The average Bonchev–Trinajstić information content (AvgIpc) is 2.88. The van der Waals surface area contributed by atoms with E-state index in [1.54, 1.807) is 66.7 Å². The molecule has 0 aliphatic heterocycles. The van der Waals surface area contributed by atoms with E-state index in [1.807, 2.05) is 20.8 Å². The molecule has 0 spiro atoms. The predicted molar refractivity (Wildman–Crippen MR) is 159 cm³/mol. The summed E-state index contributed by atoms with van der Waals surface area (Å²) in [6, 6.07) is 21.0. The van der Waals surface area contributed by atoms with Crippen molar-refractivity contribution in [3.8, 4) is 0 Å². The molecule has 3 aromatic carbocycles. The smallest absolute Gasteiger partial charge is 0.264 e. The van der Waals surface area contributed by atoms with Gasteiger partial charge in [-0.25, -0.2) is 8.42 Å². The number of hydrogen-bond acceptors (Lipinski definition) is 4. The first-order valence-corrected chi connectivity index (χ1v) is 15.1. The number of halogens is 2. The fourth-order valence-electron chi connectivity index (χ4n) is 3.97. The van der Waals surface area contributed by atoms with Gasteiger partial charge in [-0.2, -0.15) is 0 Å². The van der Waals surface area contributed by atoms with Gasteiger partial charge in [0.2, 0.25) is 11.8 Å². The summed E-state index contributed by atoms with van der Waals surface area (Å²) in [6.45, 7) is 5.06. The maximum atomic E-state index is 14.0. The first-order valence-electron chi connectivity index (χ1n) is 12.2. The van der Waals surface area contributed by atoms with E-state index < -0.39 is 28.5 Å². The summed E-state index contributed by atoms with van der Waals surface area (Å²) in [5, 5.41) is 3.33. The summed E-state index contributed by atoms with van der Waals surface area (Å²) in [4.78, 5) is 28.6. The topological polar surface area (TPSA) is 86.8 Å². The van der Waals surface area contributed by atoms with E-state index in [1.165, 1.54) is 17.0 Å². The number of anilines is 1. The van der Waals surface area contributed by atoms with Gasteiger partial charge in [-0.15, -0.1) is 0 Å². The highest BCUT2D eigenvalue weighted by Gasteiger charge is 2.34. The minimum absolute atomic E-state index is 0.0500. The van der Waals surface area contributed by atoms with Crippen LogP contribution < -0.4 is 9.62 Å². The number of nitrogens with zero attached hydrogens (tertiary/aromatic N) is 2. The Balaban J connectivity index is 2.06. The van der Waals surface area contributed by atoms with Gasteiger partial charge in [0.05, 0.1) is 10.6 Å². The lowest BCUT2D eigenvalue weighted by atomic mass is 10.1. The average molecular weight is 668 g/mol. The molecule has 1 N–H and O–H groups in total. The molecule has 0 unspecified atom stereocenters. The first kappa shape index (κ1) is 29.9. The SMILES string of the molecule is CC[C@H](C(=O)NC(C)C)N(Cc1ccccc1Cl)C(=O)CN(c1ccc(I)cc1)S(=O)(=O)c1ccccc1. The zero-order valence-electron chi connectivity index (χ0n) is 21.5. The van der Waals surface area contributed by atoms with Crippen LogP contribution in [0.4, 0.5) is 5.69 Å². The largest absolute Gasteiger partial charge is 0.352 e. The summed E-state index contributed by atoms with van der Waals surface area (Å²) >= 11 is 8.54. The molecule has 0 bridgehead atoms.